The van der Waals surface area contributed by atoms with Gasteiger partial charge in [0.05, 0.1) is 17.3 Å². The molecule has 1 atom stereocenters. The predicted octanol–water partition coefficient (Wildman–Crippen LogP) is 6.66. The normalized spacial score (nSPS) is 14.3. The lowest BCUT2D eigenvalue weighted by Crippen LogP contribution is -2.10. The van der Waals surface area contributed by atoms with Crippen LogP contribution in [0.3, 0.4) is 0 Å². The van der Waals surface area contributed by atoms with Crippen molar-refractivity contribution in [1.82, 2.24) is 9.97 Å². The quantitative estimate of drug-likeness (QED) is 0.421. The highest BCUT2D eigenvalue weighted by atomic mass is 15.1. The number of nitrogens with one attached hydrogen (secondary N) is 1. The molecule has 3 nitrogen and oxygen atoms in total. The molecule has 30 heavy (non-hydrogen) atoms. The summed E-state index contributed by atoms with van der Waals surface area (Å²) < 4.78 is 0. The fourth-order valence-corrected chi connectivity index (χ4v) is 4.58. The Hall–Kier alpha value is -3.20. The molecule has 0 spiro atoms. The van der Waals surface area contributed by atoms with Gasteiger partial charge in [0.2, 0.25) is 5.95 Å². The first-order chi connectivity index (χ1) is 14.7. The number of anilines is 1. The minimum absolute atomic E-state index is 0.151. The molecule has 0 fully saturated rings. The van der Waals surface area contributed by atoms with Crippen molar-refractivity contribution < 1.29 is 0 Å². The third kappa shape index (κ3) is 3.56. The molecule has 1 aliphatic carbocycles. The van der Waals surface area contributed by atoms with E-state index in [1.807, 2.05) is 6.07 Å². The van der Waals surface area contributed by atoms with Gasteiger partial charge >= 0.3 is 0 Å². The van der Waals surface area contributed by atoms with Crippen LogP contribution < -0.4 is 5.32 Å². The topological polar surface area (TPSA) is 37.8 Å². The fourth-order valence-electron chi connectivity index (χ4n) is 4.58. The molecular formula is C27H27N3. The van der Waals surface area contributed by atoms with Crippen molar-refractivity contribution in [3.8, 4) is 11.1 Å². The number of aromatic nitrogens is 2. The van der Waals surface area contributed by atoms with E-state index in [1.165, 1.54) is 53.5 Å². The molecule has 5 rings (SSSR count). The maximum absolute atomic E-state index is 4.80. The zero-order valence-corrected chi connectivity index (χ0v) is 17.7. The molecule has 0 amide bonds. The monoisotopic (exact) mass is 393 g/mol. The first-order valence-corrected chi connectivity index (χ1v) is 10.9. The Balaban J connectivity index is 1.49. The average Bonchev–Trinajstić information content (AvgIpc) is 2.79. The van der Waals surface area contributed by atoms with Crippen LogP contribution in [0.1, 0.15) is 48.2 Å². The van der Waals surface area contributed by atoms with Crippen molar-refractivity contribution in [1.29, 1.82) is 0 Å². The van der Waals surface area contributed by atoms with E-state index >= 15 is 0 Å². The second kappa shape index (κ2) is 7.91. The first-order valence-electron chi connectivity index (χ1n) is 10.9. The molecule has 0 saturated carbocycles. The van der Waals surface area contributed by atoms with Crippen molar-refractivity contribution in [2.45, 2.75) is 45.6 Å². The molecule has 1 N–H and O–H groups in total. The number of nitrogens with zero attached hydrogens (tertiary/aromatic N) is 2. The third-order valence-electron chi connectivity index (χ3n) is 6.24. The van der Waals surface area contributed by atoms with Crippen molar-refractivity contribution in [2.24, 2.45) is 0 Å². The SMILES string of the molecule is Cc1nc(NC(C)c2ccccc2)nc2ccc(-c3cccc4c3CCCC4)cc12. The predicted molar refractivity (Wildman–Crippen MR) is 125 cm³/mol. The van der Waals surface area contributed by atoms with Crippen LogP contribution in [0.15, 0.2) is 66.7 Å². The molecule has 0 bridgehead atoms. The number of fused-ring (bicyclic) bond motifs is 2. The lowest BCUT2D eigenvalue weighted by Gasteiger charge is -2.20. The van der Waals surface area contributed by atoms with Gasteiger partial charge in [0, 0.05) is 5.39 Å². The van der Waals surface area contributed by atoms with E-state index in [0.29, 0.717) is 5.95 Å². The third-order valence-corrected chi connectivity index (χ3v) is 6.24. The molecule has 0 saturated heterocycles. The Labute approximate surface area is 178 Å². The Morgan fingerprint density at radius 2 is 1.70 bits per heavy atom. The number of benzene rings is 3. The van der Waals surface area contributed by atoms with Gasteiger partial charge in [-0.05, 0) is 79.5 Å². The first kappa shape index (κ1) is 18.8. The van der Waals surface area contributed by atoms with E-state index < -0.39 is 0 Å². The summed E-state index contributed by atoms with van der Waals surface area (Å²) in [5.74, 6) is 0.682. The van der Waals surface area contributed by atoms with Gasteiger partial charge in [-0.2, -0.15) is 0 Å². The van der Waals surface area contributed by atoms with Crippen molar-refractivity contribution in [2.75, 3.05) is 5.32 Å². The van der Waals surface area contributed by atoms with Crippen molar-refractivity contribution >= 4 is 16.9 Å². The van der Waals surface area contributed by atoms with Gasteiger partial charge in [0.25, 0.3) is 0 Å². The molecule has 3 heteroatoms. The van der Waals surface area contributed by atoms with E-state index in [2.05, 4.69) is 79.8 Å². The molecule has 1 heterocycles. The Morgan fingerprint density at radius 3 is 2.57 bits per heavy atom. The summed E-state index contributed by atoms with van der Waals surface area (Å²) in [5, 5.41) is 4.58. The van der Waals surface area contributed by atoms with Crippen molar-refractivity contribution in [3.05, 3.63) is 89.1 Å². The summed E-state index contributed by atoms with van der Waals surface area (Å²) in [6, 6.07) is 23.9. The zero-order chi connectivity index (χ0) is 20.5. The highest BCUT2D eigenvalue weighted by molar-refractivity contribution is 5.87. The van der Waals surface area contributed by atoms with Crippen LogP contribution in [0.5, 0.6) is 0 Å². The summed E-state index contributed by atoms with van der Waals surface area (Å²) >= 11 is 0. The molecular weight excluding hydrogens is 366 g/mol. The molecule has 1 unspecified atom stereocenters. The molecule has 3 aromatic carbocycles. The van der Waals surface area contributed by atoms with Gasteiger partial charge in [-0.25, -0.2) is 9.97 Å². The maximum Gasteiger partial charge on any atom is 0.223 e. The molecule has 150 valence electrons. The van der Waals surface area contributed by atoms with Crippen LogP contribution in [-0.2, 0) is 12.8 Å². The summed E-state index contributed by atoms with van der Waals surface area (Å²) in [7, 11) is 0. The van der Waals surface area contributed by atoms with E-state index in [9.17, 15) is 0 Å². The second-order valence-corrected chi connectivity index (χ2v) is 8.29. The van der Waals surface area contributed by atoms with Crippen LogP contribution in [-0.4, -0.2) is 9.97 Å². The Morgan fingerprint density at radius 1 is 0.867 bits per heavy atom. The standard InChI is InChI=1S/C27H27N3/c1-18(20-9-4-3-5-10-20)28-27-29-19(2)25-17-22(15-16-26(25)30-27)24-14-8-12-21-11-6-7-13-23(21)24/h3-5,8-10,12,14-18H,6-7,11,13H2,1-2H3,(H,28,29,30). The summed E-state index contributed by atoms with van der Waals surface area (Å²) in [5.41, 5.74) is 8.90. The number of hydrogen-bond donors (Lipinski definition) is 1. The Bertz CT molecular complexity index is 1200. The minimum Gasteiger partial charge on any atom is -0.348 e. The average molecular weight is 394 g/mol. The van der Waals surface area contributed by atoms with Crippen LogP contribution in [0, 0.1) is 6.92 Å². The highest BCUT2D eigenvalue weighted by Crippen LogP contribution is 2.33. The largest absolute Gasteiger partial charge is 0.348 e. The smallest absolute Gasteiger partial charge is 0.223 e. The summed E-state index contributed by atoms with van der Waals surface area (Å²) in [6.45, 7) is 4.21. The summed E-state index contributed by atoms with van der Waals surface area (Å²) in [6.07, 6.45) is 4.97. The van der Waals surface area contributed by atoms with Crippen molar-refractivity contribution in [3.63, 3.8) is 0 Å². The maximum atomic E-state index is 4.80. The molecule has 4 aromatic rings. The Kier molecular flexibility index (Phi) is 4.96. The van der Waals surface area contributed by atoms with Crippen LogP contribution in [0.25, 0.3) is 22.0 Å². The van der Waals surface area contributed by atoms with Crippen LogP contribution in [0.4, 0.5) is 5.95 Å². The molecule has 1 aromatic heterocycles. The molecule has 0 radical (unpaired) electrons. The van der Waals surface area contributed by atoms with Crippen LogP contribution in [0.2, 0.25) is 0 Å². The minimum atomic E-state index is 0.151. The van der Waals surface area contributed by atoms with Crippen LogP contribution >= 0.6 is 0 Å². The van der Waals surface area contributed by atoms with Gasteiger partial charge in [-0.3, -0.25) is 0 Å². The lowest BCUT2D eigenvalue weighted by molar-refractivity contribution is 0.687. The van der Waals surface area contributed by atoms with Gasteiger partial charge in [0.1, 0.15) is 0 Å². The molecule has 1 aliphatic rings. The van der Waals surface area contributed by atoms with Gasteiger partial charge in [-0.1, -0.05) is 54.6 Å². The second-order valence-electron chi connectivity index (χ2n) is 8.29. The number of hydrogen-bond acceptors (Lipinski definition) is 3. The van der Waals surface area contributed by atoms with Gasteiger partial charge in [-0.15, -0.1) is 0 Å². The van der Waals surface area contributed by atoms with Gasteiger partial charge in [0.15, 0.2) is 0 Å². The van der Waals surface area contributed by atoms with Gasteiger partial charge < -0.3 is 5.32 Å². The zero-order valence-electron chi connectivity index (χ0n) is 17.7. The van der Waals surface area contributed by atoms with E-state index in [4.69, 9.17) is 9.97 Å². The highest BCUT2D eigenvalue weighted by Gasteiger charge is 2.15. The molecule has 0 aliphatic heterocycles. The fraction of sp³-hybridized carbons (Fsp3) is 0.259. The number of aryl methyl sites for hydroxylation is 2. The lowest BCUT2D eigenvalue weighted by atomic mass is 9.86. The van der Waals surface area contributed by atoms with E-state index in [0.717, 1.165) is 16.6 Å². The summed E-state index contributed by atoms with van der Waals surface area (Å²) in [4.78, 5) is 9.57. The van der Waals surface area contributed by atoms with E-state index in [1.54, 1.807) is 0 Å². The van der Waals surface area contributed by atoms with E-state index in [-0.39, 0.29) is 6.04 Å². The number of rotatable bonds is 4.